The van der Waals surface area contributed by atoms with E-state index in [0.717, 1.165) is 43.6 Å². The third-order valence-electron chi connectivity index (χ3n) is 9.33. The predicted molar refractivity (Wildman–Crippen MR) is 143 cm³/mol. The predicted octanol–water partition coefficient (Wildman–Crippen LogP) is 4.51. The number of aromatic hydroxyl groups is 2. The van der Waals surface area contributed by atoms with Gasteiger partial charge in [-0.15, -0.1) is 0 Å². The van der Waals surface area contributed by atoms with Crippen LogP contribution in [0.15, 0.2) is 41.0 Å². The Morgan fingerprint density at radius 3 is 2.50 bits per heavy atom. The highest BCUT2D eigenvalue weighted by Crippen LogP contribution is 2.65. The van der Waals surface area contributed by atoms with Gasteiger partial charge in [-0.2, -0.15) is 0 Å². The fourth-order valence-corrected chi connectivity index (χ4v) is 7.48. The minimum Gasteiger partial charge on any atom is -0.507 e. The molecular formula is C31H37NO6. The number of ketones is 2. The Hall–Kier alpha value is -2.90. The number of carbonyl (C=O) groups is 2. The molecule has 7 rings (SSSR count). The summed E-state index contributed by atoms with van der Waals surface area (Å²) in [5, 5.41) is 22.1. The van der Waals surface area contributed by atoms with Crippen molar-refractivity contribution in [3.8, 4) is 17.2 Å². The molecule has 1 saturated carbocycles. The second-order valence-corrected chi connectivity index (χ2v) is 12.1. The van der Waals surface area contributed by atoms with Crippen molar-refractivity contribution in [3.05, 3.63) is 52.1 Å². The number of fused-ring (bicyclic) bond motifs is 1. The molecule has 0 aromatic heterocycles. The van der Waals surface area contributed by atoms with Gasteiger partial charge in [0.05, 0.1) is 6.61 Å². The van der Waals surface area contributed by atoms with Crippen molar-refractivity contribution in [1.82, 2.24) is 4.90 Å². The van der Waals surface area contributed by atoms with Crippen LogP contribution in [0, 0.1) is 17.8 Å². The van der Waals surface area contributed by atoms with Gasteiger partial charge in [-0.3, -0.25) is 9.59 Å². The molecule has 4 bridgehead atoms. The Balaban J connectivity index is 1.52. The highest BCUT2D eigenvalue weighted by molar-refractivity contribution is 6.18. The molecule has 3 aliphatic heterocycles. The lowest BCUT2D eigenvalue weighted by Gasteiger charge is -2.58. The van der Waals surface area contributed by atoms with E-state index in [0.29, 0.717) is 30.6 Å². The largest absolute Gasteiger partial charge is 0.507 e. The number of hydrogen-bond donors (Lipinski definition) is 2. The van der Waals surface area contributed by atoms with Crippen LogP contribution in [0.1, 0.15) is 62.9 Å². The third-order valence-corrected chi connectivity index (χ3v) is 9.33. The van der Waals surface area contributed by atoms with Crippen molar-refractivity contribution in [3.63, 3.8) is 0 Å². The van der Waals surface area contributed by atoms with Crippen LogP contribution >= 0.6 is 0 Å². The summed E-state index contributed by atoms with van der Waals surface area (Å²) in [6.07, 6.45) is 8.61. The molecule has 7 heteroatoms. The minimum absolute atomic E-state index is 0.0263. The molecule has 1 aromatic carbocycles. The van der Waals surface area contributed by atoms with E-state index < -0.39 is 17.1 Å². The molecule has 3 heterocycles. The summed E-state index contributed by atoms with van der Waals surface area (Å²) in [4.78, 5) is 30.9. The van der Waals surface area contributed by atoms with Crippen LogP contribution in [-0.2, 0) is 16.0 Å². The second-order valence-electron chi connectivity index (χ2n) is 12.1. The van der Waals surface area contributed by atoms with E-state index in [-0.39, 0.29) is 46.2 Å². The monoisotopic (exact) mass is 519 g/mol. The van der Waals surface area contributed by atoms with Gasteiger partial charge in [0.2, 0.25) is 0 Å². The zero-order valence-corrected chi connectivity index (χ0v) is 22.7. The summed E-state index contributed by atoms with van der Waals surface area (Å²) >= 11 is 0. The Morgan fingerprint density at radius 1 is 1.11 bits per heavy atom. The van der Waals surface area contributed by atoms with Gasteiger partial charge in [0.15, 0.2) is 22.8 Å². The van der Waals surface area contributed by atoms with Crippen LogP contribution in [0.25, 0.3) is 0 Å². The molecule has 6 aliphatic rings. The number of likely N-dealkylation sites (tertiary alicyclic amines) is 1. The number of hydrogen-bond acceptors (Lipinski definition) is 7. The molecule has 5 atom stereocenters. The molecule has 2 N–H and O–H groups in total. The number of ether oxygens (including phenoxy) is 2. The van der Waals surface area contributed by atoms with E-state index in [1.165, 1.54) is 6.07 Å². The number of phenolic OH excluding ortho intramolecular Hbond substituents is 2. The zero-order chi connectivity index (χ0) is 27.0. The molecule has 7 nitrogen and oxygen atoms in total. The highest BCUT2D eigenvalue weighted by atomic mass is 16.6. The Bertz CT molecular complexity index is 1310. The summed E-state index contributed by atoms with van der Waals surface area (Å²) in [7, 11) is 0. The van der Waals surface area contributed by atoms with E-state index in [9.17, 15) is 19.8 Å². The average molecular weight is 520 g/mol. The summed E-state index contributed by atoms with van der Waals surface area (Å²) in [5.74, 6) is -1.30. The molecule has 3 fully saturated rings. The maximum Gasteiger partial charge on any atom is 0.200 e. The second kappa shape index (κ2) is 8.82. The first-order chi connectivity index (χ1) is 18.1. The number of carbonyl (C=O) groups excluding carboxylic acids is 2. The maximum absolute atomic E-state index is 14.3. The van der Waals surface area contributed by atoms with Gasteiger partial charge in [0.25, 0.3) is 0 Å². The Kier molecular flexibility index (Phi) is 5.89. The normalized spacial score (nSPS) is 32.9. The van der Waals surface area contributed by atoms with Crippen molar-refractivity contribution in [2.45, 2.75) is 64.6 Å². The van der Waals surface area contributed by atoms with Gasteiger partial charge in [0, 0.05) is 42.0 Å². The molecule has 1 spiro atoms. The molecular weight excluding hydrogens is 482 g/mol. The molecule has 0 amide bonds. The zero-order valence-electron chi connectivity index (χ0n) is 22.7. The van der Waals surface area contributed by atoms with Gasteiger partial charge in [-0.25, -0.2) is 0 Å². The first-order valence-electron chi connectivity index (χ1n) is 13.8. The van der Waals surface area contributed by atoms with Crippen LogP contribution in [0.5, 0.6) is 17.2 Å². The lowest BCUT2D eigenvalue weighted by Crippen LogP contribution is -2.74. The molecule has 3 aliphatic carbocycles. The lowest BCUT2D eigenvalue weighted by molar-refractivity contribution is -0.171. The average Bonchev–Trinajstić information content (AvgIpc) is 3.46. The molecule has 2 saturated heterocycles. The SMILES string of the molecule is CC(C)=CCc1c(O)cc2c(c1O)C(=O)C1=C[C@H]3C(=O)[C@]4(CC=C(C)C)OC[C@H]([C@H]3CN3CCCC3)[C@]14O2. The molecule has 1 aromatic rings. The van der Waals surface area contributed by atoms with Crippen molar-refractivity contribution in [2.75, 3.05) is 26.2 Å². The van der Waals surface area contributed by atoms with Crippen molar-refractivity contribution in [1.29, 1.82) is 0 Å². The number of rotatable bonds is 6. The number of phenols is 2. The van der Waals surface area contributed by atoms with Crippen LogP contribution in [0.4, 0.5) is 0 Å². The van der Waals surface area contributed by atoms with Crippen LogP contribution < -0.4 is 4.74 Å². The molecule has 0 unspecified atom stereocenters. The van der Waals surface area contributed by atoms with Crippen LogP contribution in [-0.4, -0.2) is 64.1 Å². The minimum atomic E-state index is -1.31. The van der Waals surface area contributed by atoms with Crippen molar-refractivity contribution < 1.29 is 29.3 Å². The summed E-state index contributed by atoms with van der Waals surface area (Å²) in [5.41, 5.74) is 0.256. The van der Waals surface area contributed by atoms with Crippen LogP contribution in [0.3, 0.4) is 0 Å². The smallest absolute Gasteiger partial charge is 0.200 e. The van der Waals surface area contributed by atoms with Gasteiger partial charge < -0.3 is 24.6 Å². The van der Waals surface area contributed by atoms with E-state index in [1.54, 1.807) is 0 Å². The first-order valence-corrected chi connectivity index (χ1v) is 13.8. The Morgan fingerprint density at radius 2 is 1.82 bits per heavy atom. The van der Waals surface area contributed by atoms with Crippen LogP contribution in [0.2, 0.25) is 0 Å². The summed E-state index contributed by atoms with van der Waals surface area (Å²) in [6.45, 7) is 10.9. The third kappa shape index (κ3) is 3.34. The van der Waals surface area contributed by atoms with E-state index >= 15 is 0 Å². The van der Waals surface area contributed by atoms with Crippen molar-refractivity contribution >= 4 is 11.6 Å². The van der Waals surface area contributed by atoms with Crippen molar-refractivity contribution in [2.24, 2.45) is 17.8 Å². The van der Waals surface area contributed by atoms with E-state index in [2.05, 4.69) is 4.90 Å². The summed E-state index contributed by atoms with van der Waals surface area (Å²) < 4.78 is 13.3. The maximum atomic E-state index is 14.3. The highest BCUT2D eigenvalue weighted by Gasteiger charge is 2.79. The molecule has 0 radical (unpaired) electrons. The topological polar surface area (TPSA) is 96.3 Å². The van der Waals surface area contributed by atoms with Gasteiger partial charge >= 0.3 is 0 Å². The lowest BCUT2D eigenvalue weighted by atomic mass is 9.49. The molecule has 202 valence electrons. The number of nitrogens with zero attached hydrogens (tertiary/aromatic N) is 1. The first kappa shape index (κ1) is 25.4. The summed E-state index contributed by atoms with van der Waals surface area (Å²) in [6, 6.07) is 1.43. The van der Waals surface area contributed by atoms with E-state index in [4.69, 9.17) is 9.47 Å². The Labute approximate surface area is 223 Å². The fraction of sp³-hybridized carbons (Fsp3) is 0.548. The fourth-order valence-electron chi connectivity index (χ4n) is 7.48. The number of benzene rings is 1. The quantitative estimate of drug-likeness (QED) is 0.534. The van der Waals surface area contributed by atoms with E-state index in [1.807, 2.05) is 45.9 Å². The number of allylic oxidation sites excluding steroid dienone is 4. The standard InChI is InChI=1S/C31H37NO6/c1-17(2)7-8-19-24(33)14-25-26(27(19)34)28(35)22-13-20-21(15-32-11-5-6-12-32)23-16-37-30(29(20)36,10-9-18(3)4)31(22,23)38-25/h7,9,13-14,20-21,23,33-34H,5-6,8,10-12,15-16H2,1-4H3/t20-,21+,23-,30+,31-/m1/s1. The van der Waals surface area contributed by atoms with Gasteiger partial charge in [-0.05, 0) is 66.0 Å². The number of Topliss-reactive ketones (excluding diaryl/α,β-unsaturated/α-hetero) is 2. The van der Waals surface area contributed by atoms with Gasteiger partial charge in [0.1, 0.15) is 22.8 Å². The molecule has 38 heavy (non-hydrogen) atoms. The van der Waals surface area contributed by atoms with Gasteiger partial charge in [-0.1, -0.05) is 29.4 Å².